The first kappa shape index (κ1) is 32.5. The molecule has 0 amide bonds. The zero-order chi connectivity index (χ0) is 29.0. The van der Waals surface area contributed by atoms with Crippen molar-refractivity contribution >= 4 is 40.2 Å². The van der Waals surface area contributed by atoms with E-state index in [-0.39, 0.29) is 32.7 Å². The number of rotatable bonds is 11. The Morgan fingerprint density at radius 2 is 1.64 bits per heavy atom. The summed E-state index contributed by atoms with van der Waals surface area (Å²) in [5, 5.41) is 2.44. The first-order valence-corrected chi connectivity index (χ1v) is 15.5. The molecule has 0 fully saturated rings. The fourth-order valence-electron chi connectivity index (χ4n) is 5.48. The molecule has 4 aromatic rings. The number of aromatic nitrogens is 1. The third-order valence-electron chi connectivity index (χ3n) is 7.70. The summed E-state index contributed by atoms with van der Waals surface area (Å²) in [7, 11) is 10.8. The van der Waals surface area contributed by atoms with Gasteiger partial charge in [-0.3, -0.25) is 4.90 Å². The molecule has 1 aliphatic heterocycles. The summed E-state index contributed by atoms with van der Waals surface area (Å²) in [4.78, 5) is 6.21. The number of fused-ring (bicyclic) bond motifs is 2. The van der Waals surface area contributed by atoms with Crippen LogP contribution in [-0.2, 0) is 32.7 Å². The Labute approximate surface area is 281 Å². The van der Waals surface area contributed by atoms with Crippen LogP contribution >= 0.6 is 11.8 Å². The normalized spacial score (nSPS) is 13.8. The van der Waals surface area contributed by atoms with Crippen LogP contribution in [0.3, 0.4) is 0 Å². The molecule has 42 heavy (non-hydrogen) atoms. The maximum atomic E-state index is 5.76. The molecule has 5 rings (SSSR count). The Balaban J connectivity index is 0.00000405. The van der Waals surface area contributed by atoms with Gasteiger partial charge in [0.05, 0.1) is 58.6 Å². The second kappa shape index (κ2) is 14.4. The predicted molar refractivity (Wildman–Crippen MR) is 175 cm³/mol. The van der Waals surface area contributed by atoms with Gasteiger partial charge in [0.2, 0.25) is 0 Å². The minimum Gasteiger partial charge on any atom is -0.497 e. The fourth-order valence-corrected chi connectivity index (χ4v) is 6.58. The van der Waals surface area contributed by atoms with Crippen molar-refractivity contribution in [2.75, 3.05) is 64.7 Å². The molecule has 3 aromatic carbocycles. The number of nitrogens with zero attached hydrogens (tertiary/aromatic N) is 4. The molecule has 0 atom stereocenters. The summed E-state index contributed by atoms with van der Waals surface area (Å²) in [6.45, 7) is 5.44. The van der Waals surface area contributed by atoms with Gasteiger partial charge in [0.1, 0.15) is 17.0 Å². The zero-order valence-corrected chi connectivity index (χ0v) is 29.7. The maximum absolute atomic E-state index is 5.76. The van der Waals surface area contributed by atoms with Crippen molar-refractivity contribution in [1.29, 1.82) is 0 Å². The van der Waals surface area contributed by atoms with Crippen LogP contribution in [-0.4, -0.2) is 59.4 Å². The number of anilines is 2. The third kappa shape index (κ3) is 7.39. The second-order valence-electron chi connectivity index (χ2n) is 11.8. The molecule has 7 heteroatoms. The molecule has 1 radical (unpaired) electrons. The van der Waals surface area contributed by atoms with E-state index in [4.69, 9.17) is 4.74 Å². The summed E-state index contributed by atoms with van der Waals surface area (Å²) in [5.74, 6) is 2.09. The molecule has 0 unspecified atom stereocenters. The average molecular weight is 658 g/mol. The van der Waals surface area contributed by atoms with Crippen LogP contribution in [0.25, 0.3) is 22.7 Å². The SMILES string of the molecule is CCCCN(CCC[N+](C)(C)C)c1cc(C=C2Sc3ccccc3N2C)c2ccc(OC)cc2[n+]1-c1ccccc1.[Y]. The average Bonchev–Trinajstić information content (AvgIpc) is 3.29. The van der Waals surface area contributed by atoms with Crippen LogP contribution in [0, 0.1) is 0 Å². The summed E-state index contributed by atoms with van der Waals surface area (Å²) < 4.78 is 9.16. The van der Waals surface area contributed by atoms with Crippen molar-refractivity contribution in [1.82, 2.24) is 0 Å². The summed E-state index contributed by atoms with van der Waals surface area (Å²) in [6, 6.07) is 28.3. The molecule has 0 saturated heterocycles. The van der Waals surface area contributed by atoms with Gasteiger partial charge in [-0.15, -0.1) is 0 Å². The summed E-state index contributed by atoms with van der Waals surface area (Å²) >= 11 is 1.84. The molecule has 2 heterocycles. The molecular formula is C35H44N4OSY+2. The quantitative estimate of drug-likeness (QED) is 0.124. The zero-order valence-electron chi connectivity index (χ0n) is 26.0. The van der Waals surface area contributed by atoms with Gasteiger partial charge in [-0.25, -0.2) is 0 Å². The number of thioether (sulfide) groups is 1. The number of ether oxygens (including phenoxy) is 1. The number of pyridine rings is 1. The van der Waals surface area contributed by atoms with E-state index >= 15 is 0 Å². The van der Waals surface area contributed by atoms with Crippen LogP contribution in [0.15, 0.2) is 88.8 Å². The minimum absolute atomic E-state index is 0. The van der Waals surface area contributed by atoms with Crippen LogP contribution in [0.1, 0.15) is 31.7 Å². The Morgan fingerprint density at radius 3 is 2.33 bits per heavy atom. The molecule has 0 bridgehead atoms. The third-order valence-corrected chi connectivity index (χ3v) is 8.86. The topological polar surface area (TPSA) is 19.6 Å². The number of unbranched alkanes of at least 4 members (excludes halogenated alkanes) is 1. The van der Waals surface area contributed by atoms with E-state index in [0.717, 1.165) is 60.3 Å². The Hall–Kier alpha value is -2.38. The van der Waals surface area contributed by atoms with Gasteiger partial charge in [0, 0.05) is 68.6 Å². The molecule has 1 aromatic heterocycles. The maximum Gasteiger partial charge on any atom is 0.282 e. The van der Waals surface area contributed by atoms with Crippen LogP contribution < -0.4 is 19.1 Å². The summed E-state index contributed by atoms with van der Waals surface area (Å²) in [5.41, 5.74) is 4.79. The van der Waals surface area contributed by atoms with Gasteiger partial charge >= 0.3 is 0 Å². The molecule has 1 aliphatic rings. The first-order valence-electron chi connectivity index (χ1n) is 14.7. The fraction of sp³-hybridized carbons (Fsp3) is 0.343. The number of quaternary nitrogens is 1. The van der Waals surface area contributed by atoms with E-state index in [1.807, 2.05) is 11.8 Å². The van der Waals surface area contributed by atoms with Crippen molar-refractivity contribution in [2.24, 2.45) is 0 Å². The standard InChI is InChI=1S/C35H44N4OS.Y/c1-7-8-21-37(22-14-23-39(3,4)5)34-24-27(25-35-36(2)31-17-12-13-18-33(31)41-35)30-20-19-29(40-6)26-32(30)38(34)28-15-10-9-11-16-28;/h9-13,15-20,24-26H,7-8,14,21-23H2,1-6H3;/q+2;. The second-order valence-corrected chi connectivity index (χ2v) is 12.9. The van der Waals surface area contributed by atoms with Crippen molar-refractivity contribution in [2.45, 2.75) is 31.1 Å². The van der Waals surface area contributed by atoms with Gasteiger partial charge in [0.15, 0.2) is 0 Å². The van der Waals surface area contributed by atoms with Gasteiger partial charge in [-0.05, 0) is 54.5 Å². The molecule has 0 aliphatic carbocycles. The largest absolute Gasteiger partial charge is 0.497 e. The van der Waals surface area contributed by atoms with Gasteiger partial charge in [0.25, 0.3) is 5.82 Å². The van der Waals surface area contributed by atoms with E-state index in [1.165, 1.54) is 32.4 Å². The molecule has 0 N–H and O–H groups in total. The van der Waals surface area contributed by atoms with E-state index in [1.54, 1.807) is 7.11 Å². The van der Waals surface area contributed by atoms with E-state index in [9.17, 15) is 0 Å². The van der Waals surface area contributed by atoms with Gasteiger partial charge < -0.3 is 14.1 Å². The number of methoxy groups -OCH3 is 1. The van der Waals surface area contributed by atoms with Crippen molar-refractivity contribution in [3.8, 4) is 11.4 Å². The number of benzene rings is 3. The Bertz CT molecular complexity index is 1530. The van der Waals surface area contributed by atoms with Crippen LogP contribution in [0.4, 0.5) is 11.5 Å². The van der Waals surface area contributed by atoms with E-state index in [0.29, 0.717) is 0 Å². The van der Waals surface area contributed by atoms with Crippen molar-refractivity contribution < 1.29 is 46.5 Å². The molecule has 217 valence electrons. The molecule has 5 nitrogen and oxygen atoms in total. The smallest absolute Gasteiger partial charge is 0.282 e. The predicted octanol–water partition coefficient (Wildman–Crippen LogP) is 7.37. The number of para-hydroxylation sites is 2. The Morgan fingerprint density at radius 1 is 0.929 bits per heavy atom. The van der Waals surface area contributed by atoms with Gasteiger partial charge in [-0.2, -0.15) is 4.57 Å². The minimum atomic E-state index is 0. The van der Waals surface area contributed by atoms with E-state index < -0.39 is 0 Å². The number of hydrogen-bond donors (Lipinski definition) is 0. The monoisotopic (exact) mass is 657 g/mol. The molecule has 0 spiro atoms. The van der Waals surface area contributed by atoms with Gasteiger partial charge in [-0.1, -0.05) is 55.4 Å². The van der Waals surface area contributed by atoms with Crippen LogP contribution in [0.2, 0.25) is 0 Å². The van der Waals surface area contributed by atoms with Crippen molar-refractivity contribution in [3.63, 3.8) is 0 Å². The Kier molecular flexibility index (Phi) is 11.2. The van der Waals surface area contributed by atoms with Crippen LogP contribution in [0.5, 0.6) is 5.75 Å². The summed E-state index contributed by atoms with van der Waals surface area (Å²) in [6.07, 6.45) is 5.81. The van der Waals surface area contributed by atoms with E-state index in [2.05, 4.69) is 134 Å². The number of hydrogen-bond acceptors (Lipinski definition) is 4. The molecule has 0 saturated carbocycles. The van der Waals surface area contributed by atoms with Crippen molar-refractivity contribution in [3.05, 3.63) is 89.5 Å². The molecular weight excluding hydrogens is 613 g/mol. The first-order chi connectivity index (χ1) is 19.8.